The molecule has 0 aromatic heterocycles. The van der Waals surface area contributed by atoms with Crippen LogP contribution in [0.15, 0.2) is 30.3 Å². The lowest BCUT2D eigenvalue weighted by Crippen LogP contribution is -2.41. The second-order valence-corrected chi connectivity index (χ2v) is 8.26. The van der Waals surface area contributed by atoms with Gasteiger partial charge in [0.2, 0.25) is 0 Å². The molecule has 0 aliphatic carbocycles. The molecule has 2 N–H and O–H groups in total. The Balaban J connectivity index is 1.40. The lowest BCUT2D eigenvalue weighted by molar-refractivity contribution is -0.790. The van der Waals surface area contributed by atoms with Gasteiger partial charge >= 0.3 is 11.9 Å². The van der Waals surface area contributed by atoms with E-state index in [1.807, 2.05) is 30.3 Å². The molecule has 15 nitrogen and oxygen atoms in total. The normalized spacial score (nSPS) is 24.2. The van der Waals surface area contributed by atoms with Gasteiger partial charge < -0.3 is 34.4 Å². The van der Waals surface area contributed by atoms with Gasteiger partial charge in [-0.05, 0) is 24.8 Å². The standard InChI is InChI=1S/C21H27N3O12/c22-15(9-13-5-2-1-3-6-13)21(26)35-17-12-32-19-16(11-31-20(17)19)34-18(25)8-4-7-14(36-24(29)30)10-33-23(27)28/h1-3,5-6,14-17,19-20H,4,7-12,22H2/t14?,15?,16-,17-,19-,20-/m1/s1. The van der Waals surface area contributed by atoms with E-state index < -0.39 is 65.3 Å². The quantitative estimate of drug-likeness (QED) is 0.200. The lowest BCUT2D eigenvalue weighted by atomic mass is 10.1. The molecule has 0 saturated carbocycles. The van der Waals surface area contributed by atoms with Crippen molar-refractivity contribution in [2.45, 2.75) is 62.2 Å². The number of hydrogen-bond acceptors (Lipinski definition) is 13. The third-order valence-corrected chi connectivity index (χ3v) is 5.62. The maximum atomic E-state index is 12.4. The fourth-order valence-corrected chi connectivity index (χ4v) is 3.95. The van der Waals surface area contributed by atoms with Crippen LogP contribution in [0, 0.1) is 20.2 Å². The number of nitrogens with zero attached hydrogens (tertiary/aromatic N) is 2. The van der Waals surface area contributed by atoms with Crippen LogP contribution in [0.4, 0.5) is 0 Å². The maximum Gasteiger partial charge on any atom is 0.323 e. The van der Waals surface area contributed by atoms with Gasteiger partial charge in [-0.25, -0.2) is 0 Å². The second kappa shape index (κ2) is 12.9. The van der Waals surface area contributed by atoms with E-state index in [4.69, 9.17) is 24.7 Å². The minimum atomic E-state index is -1.21. The number of ether oxygens (including phenoxy) is 4. The molecule has 36 heavy (non-hydrogen) atoms. The van der Waals surface area contributed by atoms with Crippen molar-refractivity contribution in [2.75, 3.05) is 19.8 Å². The molecule has 3 rings (SSSR count). The van der Waals surface area contributed by atoms with Crippen LogP contribution >= 0.6 is 0 Å². The molecule has 15 heteroatoms. The van der Waals surface area contributed by atoms with Crippen molar-refractivity contribution in [3.05, 3.63) is 56.1 Å². The third-order valence-electron chi connectivity index (χ3n) is 5.62. The molecule has 2 aliphatic heterocycles. The predicted octanol–water partition coefficient (Wildman–Crippen LogP) is 0.133. The minimum absolute atomic E-state index is 0.0366. The first kappa shape index (κ1) is 27.0. The SMILES string of the molecule is NC(Cc1ccccc1)C(=O)O[C@@H]1CO[C@H]2[C@@H]1OC[C@H]2OC(=O)CCCC(CO[N+](=O)[O-])O[N+](=O)[O-]. The van der Waals surface area contributed by atoms with E-state index in [0.717, 1.165) is 5.56 Å². The number of esters is 2. The number of hydrogen-bond donors (Lipinski definition) is 1. The van der Waals surface area contributed by atoms with Gasteiger partial charge in [0, 0.05) is 6.42 Å². The van der Waals surface area contributed by atoms with Gasteiger partial charge in [-0.2, -0.15) is 0 Å². The molecule has 2 saturated heterocycles. The van der Waals surface area contributed by atoms with Crippen LogP contribution in [0.1, 0.15) is 24.8 Å². The molecule has 1 aromatic carbocycles. The number of fused-ring (bicyclic) bond motifs is 1. The van der Waals surface area contributed by atoms with Crippen LogP contribution in [-0.4, -0.2) is 78.5 Å². The molecule has 2 fully saturated rings. The molecule has 2 unspecified atom stereocenters. The highest BCUT2D eigenvalue weighted by Crippen LogP contribution is 2.31. The number of nitrogens with two attached hydrogens (primary N) is 1. The van der Waals surface area contributed by atoms with Crippen LogP contribution in [0.25, 0.3) is 0 Å². The Morgan fingerprint density at radius 3 is 2.28 bits per heavy atom. The van der Waals surface area contributed by atoms with Crippen molar-refractivity contribution in [1.82, 2.24) is 0 Å². The highest BCUT2D eigenvalue weighted by atomic mass is 17.0. The van der Waals surface area contributed by atoms with E-state index in [1.54, 1.807) is 0 Å². The molecule has 6 atom stereocenters. The van der Waals surface area contributed by atoms with E-state index >= 15 is 0 Å². The van der Waals surface area contributed by atoms with Crippen LogP contribution in [0.5, 0.6) is 0 Å². The number of benzene rings is 1. The van der Waals surface area contributed by atoms with Gasteiger partial charge in [0.05, 0.1) is 13.2 Å². The predicted molar refractivity (Wildman–Crippen MR) is 116 cm³/mol. The number of rotatable bonds is 14. The zero-order chi connectivity index (χ0) is 26.1. The van der Waals surface area contributed by atoms with Gasteiger partial charge in [-0.15, -0.1) is 20.2 Å². The van der Waals surface area contributed by atoms with Gasteiger partial charge in [0.25, 0.3) is 10.2 Å². The Labute approximate surface area is 204 Å². The van der Waals surface area contributed by atoms with Gasteiger partial charge in [0.1, 0.15) is 31.0 Å². The van der Waals surface area contributed by atoms with Crippen molar-refractivity contribution in [3.8, 4) is 0 Å². The van der Waals surface area contributed by atoms with Crippen molar-refractivity contribution in [3.63, 3.8) is 0 Å². The molecular weight excluding hydrogens is 486 g/mol. The summed E-state index contributed by atoms with van der Waals surface area (Å²) in [6.07, 6.45) is -3.65. The van der Waals surface area contributed by atoms with Crippen molar-refractivity contribution >= 4 is 11.9 Å². The fraction of sp³-hybridized carbons (Fsp3) is 0.619. The Kier molecular flexibility index (Phi) is 9.72. The molecule has 0 bridgehead atoms. The molecule has 0 radical (unpaired) electrons. The summed E-state index contributed by atoms with van der Waals surface area (Å²) >= 11 is 0. The number of carbonyl (C=O) groups excluding carboxylic acids is 2. The van der Waals surface area contributed by atoms with E-state index in [-0.39, 0.29) is 32.5 Å². The zero-order valence-electron chi connectivity index (χ0n) is 19.2. The fourth-order valence-electron chi connectivity index (χ4n) is 3.95. The van der Waals surface area contributed by atoms with Crippen LogP contribution in [0.3, 0.4) is 0 Å². The molecule has 198 valence electrons. The van der Waals surface area contributed by atoms with E-state index in [2.05, 4.69) is 9.68 Å². The summed E-state index contributed by atoms with van der Waals surface area (Å²) in [6, 6.07) is 8.41. The zero-order valence-corrected chi connectivity index (χ0v) is 19.2. The smallest absolute Gasteiger partial charge is 0.323 e. The summed E-state index contributed by atoms with van der Waals surface area (Å²) < 4.78 is 22.2. The summed E-state index contributed by atoms with van der Waals surface area (Å²) in [5, 5.41) is 18.6. The summed E-state index contributed by atoms with van der Waals surface area (Å²) in [5.74, 6) is -1.21. The van der Waals surface area contributed by atoms with Crippen molar-refractivity contribution < 1.29 is 48.4 Å². The number of carbonyl (C=O) groups is 2. The summed E-state index contributed by atoms with van der Waals surface area (Å²) in [4.78, 5) is 53.9. The average molecular weight is 513 g/mol. The van der Waals surface area contributed by atoms with Crippen molar-refractivity contribution in [2.24, 2.45) is 5.73 Å². The van der Waals surface area contributed by atoms with E-state index in [1.165, 1.54) is 0 Å². The van der Waals surface area contributed by atoms with Crippen molar-refractivity contribution in [1.29, 1.82) is 0 Å². The highest BCUT2D eigenvalue weighted by molar-refractivity contribution is 5.76. The van der Waals surface area contributed by atoms with Gasteiger partial charge in [0.15, 0.2) is 12.2 Å². The molecule has 1 aromatic rings. The largest absolute Gasteiger partial charge is 0.457 e. The molecule has 0 spiro atoms. The van der Waals surface area contributed by atoms with Gasteiger partial charge in [-0.1, -0.05) is 30.3 Å². The Bertz CT molecular complexity index is 917. The van der Waals surface area contributed by atoms with Crippen LogP contribution in [0.2, 0.25) is 0 Å². The topological polar surface area (TPSA) is 202 Å². The van der Waals surface area contributed by atoms with E-state index in [0.29, 0.717) is 6.42 Å². The Morgan fingerprint density at radius 2 is 1.67 bits per heavy atom. The summed E-state index contributed by atoms with van der Waals surface area (Å²) in [7, 11) is 0. The molecular formula is C21H27N3O12. The molecule has 0 amide bonds. The summed E-state index contributed by atoms with van der Waals surface area (Å²) in [5.41, 5.74) is 6.87. The molecule has 2 aliphatic rings. The van der Waals surface area contributed by atoms with Crippen LogP contribution < -0.4 is 5.73 Å². The second-order valence-electron chi connectivity index (χ2n) is 8.26. The first-order chi connectivity index (χ1) is 17.2. The van der Waals surface area contributed by atoms with E-state index in [9.17, 15) is 29.8 Å². The molecule has 2 heterocycles. The van der Waals surface area contributed by atoms with Gasteiger partial charge in [-0.3, -0.25) is 9.59 Å². The van der Waals surface area contributed by atoms with Crippen LogP contribution in [-0.2, 0) is 44.6 Å². The third kappa shape index (κ3) is 8.00. The monoisotopic (exact) mass is 513 g/mol. The average Bonchev–Trinajstić information content (AvgIpc) is 3.41. The Hall–Kier alpha value is -3.56. The highest BCUT2D eigenvalue weighted by Gasteiger charge is 2.51. The lowest BCUT2D eigenvalue weighted by Gasteiger charge is -2.19. The Morgan fingerprint density at radius 1 is 1.03 bits per heavy atom. The minimum Gasteiger partial charge on any atom is -0.457 e. The first-order valence-corrected chi connectivity index (χ1v) is 11.2. The summed E-state index contributed by atoms with van der Waals surface area (Å²) in [6.45, 7) is -0.551. The maximum absolute atomic E-state index is 12.4. The first-order valence-electron chi connectivity index (χ1n) is 11.2.